The van der Waals surface area contributed by atoms with Gasteiger partial charge in [-0.2, -0.15) is 0 Å². The Balaban J connectivity index is 2.48. The molecule has 0 radical (unpaired) electrons. The van der Waals surface area contributed by atoms with Crippen LogP contribution in [-0.4, -0.2) is 9.49 Å². The molecule has 6 heteroatoms. The number of aryl methyl sites for hydroxylation is 1. The molecule has 0 aliphatic heterocycles. The first kappa shape index (κ1) is 16.9. The van der Waals surface area contributed by atoms with Gasteiger partial charge in [0.2, 0.25) is 0 Å². The van der Waals surface area contributed by atoms with Crippen LogP contribution in [0.4, 0.5) is 11.4 Å². The average molecular weight is 329 g/mol. The van der Waals surface area contributed by atoms with E-state index in [0.29, 0.717) is 5.92 Å². The summed E-state index contributed by atoms with van der Waals surface area (Å²) in [5.41, 5.74) is 5.53. The molecule has 23 heavy (non-hydrogen) atoms. The highest BCUT2D eigenvalue weighted by molar-refractivity contribution is 7.07. The number of nitro benzene ring substituents is 1. The van der Waals surface area contributed by atoms with Gasteiger partial charge in [0.25, 0.3) is 5.69 Å². The summed E-state index contributed by atoms with van der Waals surface area (Å²) in [7, 11) is 0. The maximum atomic E-state index is 10.8. The first-order valence-electron chi connectivity index (χ1n) is 7.27. The van der Waals surface area contributed by atoms with Crippen molar-refractivity contribution in [3.8, 4) is 0 Å². The summed E-state index contributed by atoms with van der Waals surface area (Å²) >= 11 is 1.51. The van der Waals surface area contributed by atoms with Crippen molar-refractivity contribution in [2.45, 2.75) is 27.2 Å². The van der Waals surface area contributed by atoms with Crippen LogP contribution in [0.2, 0.25) is 0 Å². The first-order valence-corrected chi connectivity index (χ1v) is 8.15. The Morgan fingerprint density at radius 3 is 2.83 bits per heavy atom. The van der Waals surface area contributed by atoms with Crippen molar-refractivity contribution in [2.75, 3.05) is 0 Å². The Morgan fingerprint density at radius 1 is 1.52 bits per heavy atom. The minimum absolute atomic E-state index is 0.0759. The van der Waals surface area contributed by atoms with Crippen LogP contribution in [0.15, 0.2) is 47.1 Å². The van der Waals surface area contributed by atoms with E-state index in [9.17, 15) is 10.1 Å². The normalized spacial score (nSPS) is 11.6. The second-order valence-electron chi connectivity index (χ2n) is 5.62. The van der Waals surface area contributed by atoms with Gasteiger partial charge < -0.3 is 0 Å². The van der Waals surface area contributed by atoms with Crippen LogP contribution in [0.25, 0.3) is 5.70 Å². The van der Waals surface area contributed by atoms with E-state index in [1.54, 1.807) is 6.07 Å². The van der Waals surface area contributed by atoms with Crippen molar-refractivity contribution in [2.24, 2.45) is 10.9 Å². The molecule has 1 heterocycles. The molecule has 2 rings (SSSR count). The summed E-state index contributed by atoms with van der Waals surface area (Å²) in [6.45, 7) is 9.87. The molecular weight excluding hydrogens is 310 g/mol. The smallest absolute Gasteiger partial charge is 0.269 e. The van der Waals surface area contributed by atoms with Crippen LogP contribution >= 0.6 is 11.3 Å². The maximum absolute atomic E-state index is 10.8. The molecule has 0 aliphatic rings. The van der Waals surface area contributed by atoms with Crippen LogP contribution in [0.5, 0.6) is 0 Å². The van der Waals surface area contributed by atoms with Gasteiger partial charge in [0.15, 0.2) is 4.80 Å². The van der Waals surface area contributed by atoms with Crippen LogP contribution in [0.1, 0.15) is 25.8 Å². The lowest BCUT2D eigenvalue weighted by atomic mass is 10.1. The molecule has 1 aromatic carbocycles. The maximum Gasteiger partial charge on any atom is 0.269 e. The van der Waals surface area contributed by atoms with Crippen LogP contribution < -0.4 is 4.80 Å². The van der Waals surface area contributed by atoms with Gasteiger partial charge in [-0.3, -0.25) is 14.7 Å². The standard InChI is InChI=1S/C17H19N3O2S/c1-5-14(10-12(2)3)19-8-9-23-17(19)18-16-7-6-15(20(21)22)11-13(16)4/h6-9,11-12H,1,10H2,2-4H3. The molecule has 0 fully saturated rings. The van der Waals surface area contributed by atoms with E-state index in [2.05, 4.69) is 31.2 Å². The second kappa shape index (κ2) is 7.22. The summed E-state index contributed by atoms with van der Waals surface area (Å²) in [5.74, 6) is 0.487. The van der Waals surface area contributed by atoms with E-state index >= 15 is 0 Å². The number of rotatable bonds is 5. The van der Waals surface area contributed by atoms with E-state index in [1.165, 1.54) is 23.5 Å². The molecule has 120 valence electrons. The molecule has 0 aliphatic carbocycles. The van der Waals surface area contributed by atoms with Gasteiger partial charge in [-0.25, -0.2) is 4.99 Å². The zero-order valence-corrected chi connectivity index (χ0v) is 14.3. The number of benzene rings is 1. The lowest BCUT2D eigenvalue weighted by molar-refractivity contribution is -0.384. The SMILES string of the molecule is C=C=C(CC(C)C)n1ccsc1=Nc1ccc([N+](=O)[O-])cc1C. The number of nitro groups is 1. The highest BCUT2D eigenvalue weighted by Gasteiger charge is 2.09. The van der Waals surface area contributed by atoms with Gasteiger partial charge in [0, 0.05) is 23.7 Å². The highest BCUT2D eigenvalue weighted by atomic mass is 32.1. The molecule has 0 saturated carbocycles. The summed E-state index contributed by atoms with van der Waals surface area (Å²) in [5, 5.41) is 12.8. The predicted octanol–water partition coefficient (Wildman–Crippen LogP) is 4.67. The average Bonchev–Trinajstić information content (AvgIpc) is 2.94. The zero-order valence-electron chi connectivity index (χ0n) is 13.4. The number of non-ortho nitro benzene ring substituents is 1. The first-order chi connectivity index (χ1) is 10.9. The van der Waals surface area contributed by atoms with Gasteiger partial charge in [0.05, 0.1) is 16.3 Å². The molecular formula is C17H19N3O2S. The van der Waals surface area contributed by atoms with E-state index in [-0.39, 0.29) is 5.69 Å². The Bertz CT molecular complexity index is 840. The molecule has 1 aromatic heterocycles. The van der Waals surface area contributed by atoms with E-state index < -0.39 is 4.92 Å². The number of allylic oxidation sites excluding steroid dienone is 1. The molecule has 0 amide bonds. The number of hydrogen-bond acceptors (Lipinski definition) is 4. The molecule has 0 spiro atoms. The largest absolute Gasteiger partial charge is 0.289 e. The summed E-state index contributed by atoms with van der Waals surface area (Å²) in [4.78, 5) is 15.9. The quantitative estimate of drug-likeness (QED) is 0.454. The van der Waals surface area contributed by atoms with Gasteiger partial charge >= 0.3 is 0 Å². The van der Waals surface area contributed by atoms with Gasteiger partial charge in [0.1, 0.15) is 0 Å². The van der Waals surface area contributed by atoms with Crippen molar-refractivity contribution < 1.29 is 4.92 Å². The minimum atomic E-state index is -0.400. The Kier molecular flexibility index (Phi) is 5.32. The highest BCUT2D eigenvalue weighted by Crippen LogP contribution is 2.23. The number of aromatic nitrogens is 1. The third-order valence-electron chi connectivity index (χ3n) is 3.29. The fourth-order valence-electron chi connectivity index (χ4n) is 2.18. The molecule has 0 bridgehead atoms. The fourth-order valence-corrected chi connectivity index (χ4v) is 2.92. The monoisotopic (exact) mass is 329 g/mol. The number of thiazole rings is 1. The number of hydrogen-bond donors (Lipinski definition) is 0. The molecule has 0 saturated heterocycles. The van der Waals surface area contributed by atoms with Crippen molar-refractivity contribution in [3.05, 3.63) is 62.6 Å². The van der Waals surface area contributed by atoms with Crippen molar-refractivity contribution in [1.82, 2.24) is 4.57 Å². The zero-order chi connectivity index (χ0) is 17.0. The Morgan fingerprint density at radius 2 is 2.26 bits per heavy atom. The fraction of sp³-hybridized carbons (Fsp3) is 0.294. The van der Waals surface area contributed by atoms with Crippen molar-refractivity contribution >= 4 is 28.4 Å². The van der Waals surface area contributed by atoms with Crippen LogP contribution in [0.3, 0.4) is 0 Å². The molecule has 2 aromatic rings. The van der Waals surface area contributed by atoms with Crippen LogP contribution in [0, 0.1) is 23.0 Å². The van der Waals surface area contributed by atoms with E-state index in [1.807, 2.05) is 23.1 Å². The van der Waals surface area contributed by atoms with E-state index in [4.69, 9.17) is 0 Å². The summed E-state index contributed by atoms with van der Waals surface area (Å²) in [6.07, 6.45) is 2.80. The Labute approximate surface area is 139 Å². The summed E-state index contributed by atoms with van der Waals surface area (Å²) < 4.78 is 1.97. The molecule has 0 atom stereocenters. The third kappa shape index (κ3) is 4.06. The second-order valence-corrected chi connectivity index (χ2v) is 6.49. The van der Waals surface area contributed by atoms with E-state index in [0.717, 1.165) is 28.2 Å². The molecule has 0 N–H and O–H groups in total. The predicted molar refractivity (Wildman–Crippen MR) is 93.7 cm³/mol. The minimum Gasteiger partial charge on any atom is -0.289 e. The molecule has 0 unspecified atom stereocenters. The van der Waals surface area contributed by atoms with Gasteiger partial charge in [-0.05, 0) is 30.9 Å². The molecule has 5 nitrogen and oxygen atoms in total. The number of nitrogens with zero attached hydrogens (tertiary/aromatic N) is 3. The van der Waals surface area contributed by atoms with Crippen molar-refractivity contribution in [1.29, 1.82) is 0 Å². The van der Waals surface area contributed by atoms with Crippen LogP contribution in [-0.2, 0) is 0 Å². The lowest BCUT2D eigenvalue weighted by Crippen LogP contribution is -2.13. The summed E-state index contributed by atoms with van der Waals surface area (Å²) in [6, 6.07) is 4.69. The van der Waals surface area contributed by atoms with Gasteiger partial charge in [-0.1, -0.05) is 20.4 Å². The van der Waals surface area contributed by atoms with Gasteiger partial charge in [-0.15, -0.1) is 17.1 Å². The Hall–Kier alpha value is -2.43. The third-order valence-corrected chi connectivity index (χ3v) is 4.05. The topological polar surface area (TPSA) is 60.4 Å². The van der Waals surface area contributed by atoms with Crippen molar-refractivity contribution in [3.63, 3.8) is 0 Å². The lowest BCUT2D eigenvalue weighted by Gasteiger charge is -2.09.